The first kappa shape index (κ1) is 25.0. The van der Waals surface area contributed by atoms with Gasteiger partial charge in [-0.2, -0.15) is 17.6 Å². The lowest BCUT2D eigenvalue weighted by atomic mass is 9.77. The fourth-order valence-electron chi connectivity index (χ4n) is 4.30. The van der Waals surface area contributed by atoms with E-state index >= 15 is 0 Å². The van der Waals surface area contributed by atoms with Crippen molar-refractivity contribution in [3.05, 3.63) is 58.6 Å². The van der Waals surface area contributed by atoms with Gasteiger partial charge in [0.05, 0.1) is 5.02 Å². The fraction of sp³-hybridized carbons (Fsp3) is 0.429. The third-order valence-corrected chi connectivity index (χ3v) is 5.91. The van der Waals surface area contributed by atoms with E-state index in [0.29, 0.717) is 30.0 Å². The second-order valence-corrected chi connectivity index (χ2v) is 8.22. The van der Waals surface area contributed by atoms with Crippen molar-refractivity contribution < 1.29 is 31.5 Å². The summed E-state index contributed by atoms with van der Waals surface area (Å²) in [6, 6.07) is 3.96. The number of para-hydroxylation sites is 1. The minimum atomic E-state index is -4.94. The first-order chi connectivity index (χ1) is 15.5. The number of primary amides is 1. The summed E-state index contributed by atoms with van der Waals surface area (Å²) >= 11 is 5.93. The van der Waals surface area contributed by atoms with E-state index in [9.17, 15) is 26.7 Å². The minimum Gasteiger partial charge on any atom is -0.425 e. The van der Waals surface area contributed by atoms with Crippen LogP contribution in [-0.2, 0) is 0 Å². The van der Waals surface area contributed by atoms with Crippen molar-refractivity contribution in [2.24, 2.45) is 17.4 Å². The van der Waals surface area contributed by atoms with E-state index in [4.69, 9.17) is 23.1 Å². The Labute approximate surface area is 191 Å². The van der Waals surface area contributed by atoms with Crippen LogP contribution >= 0.6 is 11.6 Å². The third kappa shape index (κ3) is 5.64. The molecule has 3 rings (SSSR count). The lowest BCUT2D eigenvalue weighted by Crippen LogP contribution is -2.44. The maximum atomic E-state index is 14.5. The molecule has 0 bridgehead atoms. The van der Waals surface area contributed by atoms with Gasteiger partial charge in [-0.25, -0.2) is 9.18 Å². The van der Waals surface area contributed by atoms with Crippen molar-refractivity contribution in [1.82, 2.24) is 10.3 Å². The molecule has 12 heteroatoms. The highest BCUT2D eigenvalue weighted by atomic mass is 35.5. The topological polar surface area (TPSA) is 103 Å². The Balaban J connectivity index is 2.07. The number of aromatic nitrogens is 1. The Morgan fingerprint density at radius 2 is 1.97 bits per heavy atom. The lowest BCUT2D eigenvalue weighted by Gasteiger charge is -2.34. The molecular formula is C21H22ClF5N4O2. The summed E-state index contributed by atoms with van der Waals surface area (Å²) < 4.78 is 71.4. The van der Waals surface area contributed by atoms with Crippen LogP contribution in [0, 0.1) is 11.7 Å². The highest BCUT2D eigenvalue weighted by molar-refractivity contribution is 6.30. The van der Waals surface area contributed by atoms with Crippen LogP contribution in [0.3, 0.4) is 0 Å². The number of urea groups is 1. The van der Waals surface area contributed by atoms with Gasteiger partial charge in [-0.15, -0.1) is 0 Å². The SMILES string of the molecule is NC(=O)NC1CCCC1C(c1ccc(Cl)cn1)C(N)c1cccc(F)c1OC(F)(F)C(F)F. The predicted octanol–water partition coefficient (Wildman–Crippen LogP) is 4.73. The van der Waals surface area contributed by atoms with Gasteiger partial charge >= 0.3 is 18.6 Å². The van der Waals surface area contributed by atoms with E-state index in [-0.39, 0.29) is 11.5 Å². The molecule has 180 valence electrons. The predicted molar refractivity (Wildman–Crippen MR) is 111 cm³/mol. The maximum absolute atomic E-state index is 14.5. The number of hydrogen-bond acceptors (Lipinski definition) is 4. The molecule has 0 radical (unpaired) electrons. The monoisotopic (exact) mass is 492 g/mol. The number of halogens is 6. The molecule has 1 aliphatic rings. The van der Waals surface area contributed by atoms with Gasteiger partial charge in [-0.05, 0) is 37.0 Å². The first-order valence-corrected chi connectivity index (χ1v) is 10.5. The molecule has 0 saturated heterocycles. The van der Waals surface area contributed by atoms with Gasteiger partial charge in [0.2, 0.25) is 0 Å². The average Bonchev–Trinajstić information content (AvgIpc) is 3.17. The molecule has 4 atom stereocenters. The van der Waals surface area contributed by atoms with Gasteiger partial charge < -0.3 is 21.5 Å². The molecule has 1 aromatic carbocycles. The van der Waals surface area contributed by atoms with Gasteiger partial charge in [0.15, 0.2) is 11.6 Å². The number of benzene rings is 1. The normalized spacial score (nSPS) is 20.5. The zero-order chi connectivity index (χ0) is 24.3. The highest BCUT2D eigenvalue weighted by Crippen LogP contribution is 2.46. The Morgan fingerprint density at radius 1 is 1.24 bits per heavy atom. The van der Waals surface area contributed by atoms with Crippen LogP contribution in [0.25, 0.3) is 0 Å². The molecule has 1 saturated carbocycles. The van der Waals surface area contributed by atoms with Crippen LogP contribution < -0.4 is 21.5 Å². The number of pyridine rings is 1. The van der Waals surface area contributed by atoms with Crippen molar-refractivity contribution in [1.29, 1.82) is 0 Å². The molecule has 1 aliphatic carbocycles. The summed E-state index contributed by atoms with van der Waals surface area (Å²) in [5.74, 6) is -3.46. The summed E-state index contributed by atoms with van der Waals surface area (Å²) in [7, 11) is 0. The minimum absolute atomic E-state index is 0.248. The standard InChI is InChI=1S/C21H22ClF5N4O2/c22-10-7-8-15(30-9-10)16(11-3-2-6-14(11)31-20(29)32)17(28)12-4-1-5-13(23)18(12)33-21(26,27)19(24)25/h1,4-5,7-9,11,14,16-17,19H,2-3,6,28H2,(H3,29,31,32). The molecular weight excluding hydrogens is 471 g/mol. The Morgan fingerprint density at radius 3 is 2.58 bits per heavy atom. The largest absolute Gasteiger partial charge is 0.461 e. The third-order valence-electron chi connectivity index (χ3n) is 5.69. The zero-order valence-corrected chi connectivity index (χ0v) is 17.9. The van der Waals surface area contributed by atoms with E-state index in [1.807, 2.05) is 0 Å². The Hall–Kier alpha value is -2.66. The number of hydrogen-bond donors (Lipinski definition) is 3. The molecule has 4 unspecified atom stereocenters. The molecule has 6 nitrogen and oxygen atoms in total. The van der Waals surface area contributed by atoms with E-state index in [0.717, 1.165) is 6.07 Å². The van der Waals surface area contributed by atoms with Crippen LogP contribution in [0.1, 0.15) is 42.5 Å². The number of rotatable bonds is 8. The lowest BCUT2D eigenvalue weighted by molar-refractivity contribution is -0.254. The summed E-state index contributed by atoms with van der Waals surface area (Å²) in [4.78, 5) is 15.8. The molecule has 2 amide bonds. The fourth-order valence-corrected chi connectivity index (χ4v) is 4.42. The van der Waals surface area contributed by atoms with E-state index in [1.54, 1.807) is 12.1 Å². The molecule has 2 aromatic rings. The zero-order valence-electron chi connectivity index (χ0n) is 17.2. The van der Waals surface area contributed by atoms with Crippen LogP contribution in [0.15, 0.2) is 36.5 Å². The van der Waals surface area contributed by atoms with Crippen LogP contribution in [-0.4, -0.2) is 29.6 Å². The van der Waals surface area contributed by atoms with Gasteiger partial charge in [-0.3, -0.25) is 4.98 Å². The summed E-state index contributed by atoms with van der Waals surface area (Å²) in [6.07, 6.45) is -5.94. The van der Waals surface area contributed by atoms with Gasteiger partial charge in [0.25, 0.3) is 0 Å². The first-order valence-electron chi connectivity index (χ1n) is 10.1. The van der Waals surface area contributed by atoms with Crippen LogP contribution in [0.5, 0.6) is 5.75 Å². The molecule has 0 spiro atoms. The van der Waals surface area contributed by atoms with Crippen molar-refractivity contribution in [2.45, 2.75) is 49.8 Å². The van der Waals surface area contributed by atoms with Crippen molar-refractivity contribution in [3.8, 4) is 5.75 Å². The molecule has 1 aromatic heterocycles. The summed E-state index contributed by atoms with van der Waals surface area (Å²) in [5, 5.41) is 2.97. The smallest absolute Gasteiger partial charge is 0.425 e. The number of alkyl halides is 4. The molecule has 0 aliphatic heterocycles. The Kier molecular flexibility index (Phi) is 7.63. The van der Waals surface area contributed by atoms with E-state index in [1.165, 1.54) is 18.3 Å². The second kappa shape index (κ2) is 10.1. The van der Waals surface area contributed by atoms with Crippen LogP contribution in [0.2, 0.25) is 5.02 Å². The highest BCUT2D eigenvalue weighted by Gasteiger charge is 2.46. The quantitative estimate of drug-likeness (QED) is 0.463. The molecule has 33 heavy (non-hydrogen) atoms. The van der Waals surface area contributed by atoms with Gasteiger partial charge in [0, 0.05) is 35.5 Å². The number of carbonyl (C=O) groups excluding carboxylic acids is 1. The number of ether oxygens (including phenoxy) is 1. The Bertz CT molecular complexity index is 980. The summed E-state index contributed by atoms with van der Waals surface area (Å²) in [5.41, 5.74) is 11.9. The molecule has 1 fully saturated rings. The number of carbonyl (C=O) groups is 1. The van der Waals surface area contributed by atoms with Crippen molar-refractivity contribution in [2.75, 3.05) is 0 Å². The summed E-state index contributed by atoms with van der Waals surface area (Å²) in [6.45, 7) is 0. The van der Waals surface area contributed by atoms with Gasteiger partial charge in [-0.1, -0.05) is 30.2 Å². The maximum Gasteiger partial charge on any atom is 0.461 e. The molecule has 5 N–H and O–H groups in total. The number of amides is 2. The number of nitrogens with zero attached hydrogens (tertiary/aromatic N) is 1. The average molecular weight is 493 g/mol. The van der Waals surface area contributed by atoms with Crippen molar-refractivity contribution >= 4 is 17.6 Å². The van der Waals surface area contributed by atoms with Crippen molar-refractivity contribution in [3.63, 3.8) is 0 Å². The second-order valence-electron chi connectivity index (χ2n) is 7.79. The number of nitrogens with two attached hydrogens (primary N) is 2. The van der Waals surface area contributed by atoms with Crippen LogP contribution in [0.4, 0.5) is 26.7 Å². The molecule has 1 heterocycles. The van der Waals surface area contributed by atoms with E-state index in [2.05, 4.69) is 15.0 Å². The number of nitrogens with one attached hydrogen (secondary N) is 1. The van der Waals surface area contributed by atoms with E-state index < -0.39 is 48.1 Å². The van der Waals surface area contributed by atoms with Gasteiger partial charge in [0.1, 0.15) is 0 Å².